The molecule has 1 aromatic rings. The molecule has 6 heteroatoms. The standard InChI is InChI=1S/C11H17N3OS.ClH/c1-7-6-16-11(13-7)10(8-3-4-8)14-9(15)5-12-2;/h6,8,10,12H,3-5H2,1-2H3,(H,14,15);1H. The van der Waals surface area contributed by atoms with Gasteiger partial charge in [0.2, 0.25) is 5.91 Å². The third kappa shape index (κ3) is 3.94. The third-order valence-corrected chi connectivity index (χ3v) is 3.70. The van der Waals surface area contributed by atoms with Crippen LogP contribution in [0.3, 0.4) is 0 Å². The monoisotopic (exact) mass is 275 g/mol. The zero-order chi connectivity index (χ0) is 11.5. The van der Waals surface area contributed by atoms with E-state index < -0.39 is 0 Å². The lowest BCUT2D eigenvalue weighted by Crippen LogP contribution is -2.35. The predicted octanol–water partition coefficient (Wildman–Crippen LogP) is 1.66. The molecule has 0 saturated heterocycles. The number of nitrogens with zero attached hydrogens (tertiary/aromatic N) is 1. The lowest BCUT2D eigenvalue weighted by molar-refractivity contribution is -0.121. The first kappa shape index (κ1) is 14.4. The maximum absolute atomic E-state index is 11.6. The van der Waals surface area contributed by atoms with Crippen LogP contribution < -0.4 is 10.6 Å². The number of hydrogen-bond acceptors (Lipinski definition) is 4. The van der Waals surface area contributed by atoms with Crippen LogP contribution in [0.25, 0.3) is 0 Å². The van der Waals surface area contributed by atoms with Crippen molar-refractivity contribution in [3.63, 3.8) is 0 Å². The maximum atomic E-state index is 11.6. The second-order valence-corrected chi connectivity index (χ2v) is 5.13. The second kappa shape index (κ2) is 6.33. The molecular weight excluding hydrogens is 258 g/mol. The van der Waals surface area contributed by atoms with Gasteiger partial charge >= 0.3 is 0 Å². The van der Waals surface area contributed by atoms with Crippen molar-refractivity contribution in [2.45, 2.75) is 25.8 Å². The molecule has 2 N–H and O–H groups in total. The van der Waals surface area contributed by atoms with Gasteiger partial charge in [-0.1, -0.05) is 0 Å². The Hall–Kier alpha value is -0.650. The first-order valence-electron chi connectivity index (χ1n) is 5.56. The molecule has 0 aromatic carbocycles. The fourth-order valence-corrected chi connectivity index (χ4v) is 2.65. The molecule has 1 aliphatic carbocycles. The van der Waals surface area contributed by atoms with Gasteiger partial charge in [-0.05, 0) is 32.7 Å². The van der Waals surface area contributed by atoms with Crippen molar-refractivity contribution in [3.05, 3.63) is 16.1 Å². The molecule has 0 bridgehead atoms. The number of thiazole rings is 1. The highest BCUT2D eigenvalue weighted by Crippen LogP contribution is 2.41. The summed E-state index contributed by atoms with van der Waals surface area (Å²) in [6.45, 7) is 2.35. The van der Waals surface area contributed by atoms with E-state index in [4.69, 9.17) is 0 Å². The highest BCUT2D eigenvalue weighted by Gasteiger charge is 2.34. The number of carbonyl (C=O) groups is 1. The number of aromatic nitrogens is 1. The van der Waals surface area contributed by atoms with Crippen LogP contribution in [0.15, 0.2) is 5.38 Å². The van der Waals surface area contributed by atoms with Crippen LogP contribution in [0.2, 0.25) is 0 Å². The zero-order valence-corrected chi connectivity index (χ0v) is 11.7. The first-order valence-corrected chi connectivity index (χ1v) is 6.44. The fraction of sp³-hybridized carbons (Fsp3) is 0.636. The van der Waals surface area contributed by atoms with Crippen molar-refractivity contribution in [2.75, 3.05) is 13.6 Å². The van der Waals surface area contributed by atoms with Gasteiger partial charge in [0.25, 0.3) is 0 Å². The number of likely N-dealkylation sites (N-methyl/N-ethyl adjacent to an activating group) is 1. The maximum Gasteiger partial charge on any atom is 0.234 e. The fourth-order valence-electron chi connectivity index (χ4n) is 1.71. The molecule has 17 heavy (non-hydrogen) atoms. The van der Waals surface area contributed by atoms with Gasteiger partial charge in [-0.2, -0.15) is 0 Å². The average molecular weight is 276 g/mol. The van der Waals surface area contributed by atoms with Crippen LogP contribution in [-0.4, -0.2) is 24.5 Å². The third-order valence-electron chi connectivity index (χ3n) is 2.65. The minimum Gasteiger partial charge on any atom is -0.345 e. The van der Waals surface area contributed by atoms with E-state index in [-0.39, 0.29) is 24.4 Å². The first-order chi connectivity index (χ1) is 7.70. The Morgan fingerprint density at radius 3 is 2.82 bits per heavy atom. The number of hydrogen-bond donors (Lipinski definition) is 2. The van der Waals surface area contributed by atoms with Crippen LogP contribution in [0.5, 0.6) is 0 Å². The molecule has 1 fully saturated rings. The van der Waals surface area contributed by atoms with Crippen LogP contribution in [0.4, 0.5) is 0 Å². The minimum absolute atomic E-state index is 0. The van der Waals surface area contributed by atoms with Gasteiger partial charge in [-0.25, -0.2) is 4.98 Å². The van der Waals surface area contributed by atoms with E-state index >= 15 is 0 Å². The van der Waals surface area contributed by atoms with Crippen LogP contribution >= 0.6 is 23.7 Å². The van der Waals surface area contributed by atoms with E-state index in [2.05, 4.69) is 15.6 Å². The summed E-state index contributed by atoms with van der Waals surface area (Å²) in [7, 11) is 1.78. The minimum atomic E-state index is 0. The van der Waals surface area contributed by atoms with E-state index in [1.54, 1.807) is 18.4 Å². The van der Waals surface area contributed by atoms with E-state index in [0.717, 1.165) is 10.7 Å². The van der Waals surface area contributed by atoms with Crippen molar-refractivity contribution in [1.29, 1.82) is 0 Å². The van der Waals surface area contributed by atoms with E-state index in [9.17, 15) is 4.79 Å². The molecule has 96 valence electrons. The molecule has 4 nitrogen and oxygen atoms in total. The molecular formula is C11H18ClN3OS. The van der Waals surface area contributed by atoms with E-state index in [1.807, 2.05) is 12.3 Å². The Morgan fingerprint density at radius 1 is 1.65 bits per heavy atom. The van der Waals surface area contributed by atoms with Crippen molar-refractivity contribution >= 4 is 29.7 Å². The quantitative estimate of drug-likeness (QED) is 0.859. The highest BCUT2D eigenvalue weighted by atomic mass is 35.5. The summed E-state index contributed by atoms with van der Waals surface area (Å²) in [5, 5.41) is 9.00. The number of nitrogens with one attached hydrogen (secondary N) is 2. The Balaban J connectivity index is 0.00000144. The van der Waals surface area contributed by atoms with Gasteiger partial charge in [-0.15, -0.1) is 23.7 Å². The largest absolute Gasteiger partial charge is 0.345 e. The van der Waals surface area contributed by atoms with Crippen LogP contribution in [0.1, 0.15) is 29.6 Å². The SMILES string of the molecule is CNCC(=O)NC(c1nc(C)cs1)C1CC1.Cl. The molecule has 1 aromatic heterocycles. The van der Waals surface area contributed by atoms with Crippen LogP contribution in [0, 0.1) is 12.8 Å². The number of amides is 1. The van der Waals surface area contributed by atoms with Gasteiger partial charge in [0, 0.05) is 11.1 Å². The van der Waals surface area contributed by atoms with Gasteiger partial charge in [-0.3, -0.25) is 4.79 Å². The number of rotatable bonds is 5. The van der Waals surface area contributed by atoms with Crippen LogP contribution in [-0.2, 0) is 4.79 Å². The summed E-state index contributed by atoms with van der Waals surface area (Å²) < 4.78 is 0. The Kier molecular flexibility index (Phi) is 5.36. The summed E-state index contributed by atoms with van der Waals surface area (Å²) in [4.78, 5) is 16.0. The Morgan fingerprint density at radius 2 is 2.35 bits per heavy atom. The van der Waals surface area contributed by atoms with E-state index in [1.165, 1.54) is 12.8 Å². The summed E-state index contributed by atoms with van der Waals surface area (Å²) in [5.74, 6) is 0.638. The topological polar surface area (TPSA) is 54.0 Å². The van der Waals surface area contributed by atoms with Gasteiger partial charge in [0.15, 0.2) is 0 Å². The van der Waals surface area contributed by atoms with Gasteiger partial charge in [0.05, 0.1) is 12.6 Å². The molecule has 1 atom stereocenters. The Labute approximate surface area is 112 Å². The molecule has 1 aliphatic rings. The molecule has 1 amide bonds. The average Bonchev–Trinajstić information content (AvgIpc) is 2.98. The van der Waals surface area contributed by atoms with Crippen molar-refractivity contribution in [1.82, 2.24) is 15.6 Å². The molecule has 2 rings (SSSR count). The highest BCUT2D eigenvalue weighted by molar-refractivity contribution is 7.09. The second-order valence-electron chi connectivity index (χ2n) is 4.24. The molecule has 0 aliphatic heterocycles. The summed E-state index contributed by atoms with van der Waals surface area (Å²) in [6, 6.07) is 0.125. The van der Waals surface area contributed by atoms with Crippen molar-refractivity contribution < 1.29 is 4.79 Å². The summed E-state index contributed by atoms with van der Waals surface area (Å²) >= 11 is 1.64. The molecule has 1 unspecified atom stereocenters. The molecule has 1 heterocycles. The lowest BCUT2D eigenvalue weighted by atomic mass is 10.2. The summed E-state index contributed by atoms with van der Waals surface area (Å²) in [5.41, 5.74) is 1.04. The molecule has 0 spiro atoms. The molecule has 0 radical (unpaired) electrons. The van der Waals surface area contributed by atoms with Gasteiger partial charge in [0.1, 0.15) is 5.01 Å². The normalized spacial score (nSPS) is 16.1. The van der Waals surface area contributed by atoms with Gasteiger partial charge < -0.3 is 10.6 Å². The molecule has 1 saturated carbocycles. The lowest BCUT2D eigenvalue weighted by Gasteiger charge is -2.15. The number of carbonyl (C=O) groups excluding carboxylic acids is 1. The smallest absolute Gasteiger partial charge is 0.234 e. The summed E-state index contributed by atoms with van der Waals surface area (Å²) in [6.07, 6.45) is 2.40. The number of aryl methyl sites for hydroxylation is 1. The van der Waals surface area contributed by atoms with Crippen molar-refractivity contribution in [3.8, 4) is 0 Å². The Bertz CT molecular complexity index is 379. The van der Waals surface area contributed by atoms with Crippen molar-refractivity contribution in [2.24, 2.45) is 5.92 Å². The van der Waals surface area contributed by atoms with E-state index in [0.29, 0.717) is 12.5 Å². The predicted molar refractivity (Wildman–Crippen MR) is 71.6 cm³/mol. The number of halogens is 1. The zero-order valence-electron chi connectivity index (χ0n) is 10.0.